The standard InChI is InChI=1S/C23H27ClN6O2/c1-23(2)12-29(13-23)22(32)14-3-8-19(15(9-14)10-25)30-11-18(20(26)31)21(28-30)27-17-6-4-16(24)5-7-17/h4-7,11,14-15,19H,3,8-9,12-13H2,1-2H3,(H2,26,31)(H,27,28)/t14-,15+,19-/m0/s1. The van der Waals surface area contributed by atoms with Gasteiger partial charge in [0.1, 0.15) is 5.56 Å². The number of amides is 2. The Kier molecular flexibility index (Phi) is 5.87. The van der Waals surface area contributed by atoms with Gasteiger partial charge in [-0.1, -0.05) is 25.4 Å². The van der Waals surface area contributed by atoms with Crippen LogP contribution in [0.5, 0.6) is 0 Å². The highest BCUT2D eigenvalue weighted by atomic mass is 35.5. The second-order valence-electron chi connectivity index (χ2n) is 9.54. The summed E-state index contributed by atoms with van der Waals surface area (Å²) in [6, 6.07) is 9.15. The van der Waals surface area contributed by atoms with Crippen LogP contribution in [-0.4, -0.2) is 39.6 Å². The van der Waals surface area contributed by atoms with E-state index in [1.54, 1.807) is 35.1 Å². The van der Waals surface area contributed by atoms with E-state index in [0.29, 0.717) is 35.8 Å². The van der Waals surface area contributed by atoms with Crippen molar-refractivity contribution >= 4 is 34.9 Å². The summed E-state index contributed by atoms with van der Waals surface area (Å²) in [5.74, 6) is -0.657. The molecular formula is C23H27ClN6O2. The Balaban J connectivity index is 1.50. The van der Waals surface area contributed by atoms with Crippen LogP contribution in [0.1, 0.15) is 49.5 Å². The van der Waals surface area contributed by atoms with E-state index in [1.165, 1.54) is 0 Å². The van der Waals surface area contributed by atoms with Gasteiger partial charge < -0.3 is 16.0 Å². The number of nitriles is 1. The maximum absolute atomic E-state index is 12.9. The zero-order valence-corrected chi connectivity index (χ0v) is 19.0. The van der Waals surface area contributed by atoms with E-state index in [9.17, 15) is 14.9 Å². The molecule has 0 unspecified atom stereocenters. The summed E-state index contributed by atoms with van der Waals surface area (Å²) in [4.78, 5) is 26.8. The number of halogens is 1. The number of nitrogens with two attached hydrogens (primary N) is 1. The van der Waals surface area contributed by atoms with Crippen LogP contribution >= 0.6 is 11.6 Å². The number of benzene rings is 1. The van der Waals surface area contributed by atoms with Crippen LogP contribution in [0.15, 0.2) is 30.5 Å². The molecule has 168 valence electrons. The Morgan fingerprint density at radius 1 is 1.25 bits per heavy atom. The lowest BCUT2D eigenvalue weighted by atomic mass is 9.76. The normalized spacial score (nSPS) is 24.3. The van der Waals surface area contributed by atoms with E-state index in [0.717, 1.165) is 13.1 Å². The fourth-order valence-electron chi connectivity index (χ4n) is 4.74. The first-order valence-corrected chi connectivity index (χ1v) is 11.1. The van der Waals surface area contributed by atoms with Crippen LogP contribution in [0.2, 0.25) is 5.02 Å². The second-order valence-corrected chi connectivity index (χ2v) is 9.98. The summed E-state index contributed by atoms with van der Waals surface area (Å²) < 4.78 is 1.65. The number of nitrogens with one attached hydrogen (secondary N) is 1. The summed E-state index contributed by atoms with van der Waals surface area (Å²) in [7, 11) is 0. The topological polar surface area (TPSA) is 117 Å². The monoisotopic (exact) mass is 454 g/mol. The Morgan fingerprint density at radius 3 is 2.53 bits per heavy atom. The fourth-order valence-corrected chi connectivity index (χ4v) is 4.87. The van der Waals surface area contributed by atoms with Crippen molar-refractivity contribution in [1.82, 2.24) is 14.7 Å². The van der Waals surface area contributed by atoms with E-state index >= 15 is 0 Å². The van der Waals surface area contributed by atoms with Gasteiger partial charge in [0.05, 0.1) is 18.0 Å². The van der Waals surface area contributed by atoms with E-state index < -0.39 is 5.91 Å². The molecule has 2 amide bonds. The van der Waals surface area contributed by atoms with Gasteiger partial charge in [0.25, 0.3) is 5.91 Å². The lowest BCUT2D eigenvalue weighted by molar-refractivity contribution is -0.147. The van der Waals surface area contributed by atoms with Crippen molar-refractivity contribution in [3.8, 4) is 6.07 Å². The Labute approximate surface area is 192 Å². The molecule has 0 radical (unpaired) electrons. The molecule has 2 aromatic rings. The molecule has 1 aromatic heterocycles. The molecule has 1 aromatic carbocycles. The van der Waals surface area contributed by atoms with Gasteiger partial charge in [-0.25, -0.2) is 0 Å². The highest BCUT2D eigenvalue weighted by Gasteiger charge is 2.43. The molecule has 1 aliphatic carbocycles. The molecule has 1 saturated heterocycles. The third-order valence-corrected chi connectivity index (χ3v) is 6.57. The quantitative estimate of drug-likeness (QED) is 0.713. The Morgan fingerprint density at radius 2 is 1.94 bits per heavy atom. The third-order valence-electron chi connectivity index (χ3n) is 6.32. The van der Waals surface area contributed by atoms with Gasteiger partial charge in [-0.15, -0.1) is 0 Å². The fraction of sp³-hybridized carbons (Fsp3) is 0.478. The minimum Gasteiger partial charge on any atom is -0.365 e. The van der Waals surface area contributed by atoms with Crippen LogP contribution in [0.25, 0.3) is 0 Å². The molecule has 8 nitrogen and oxygen atoms in total. The van der Waals surface area contributed by atoms with Crippen molar-refractivity contribution in [3.63, 3.8) is 0 Å². The third kappa shape index (κ3) is 4.44. The van der Waals surface area contributed by atoms with Crippen LogP contribution in [0, 0.1) is 28.6 Å². The van der Waals surface area contributed by atoms with Crippen molar-refractivity contribution < 1.29 is 9.59 Å². The summed E-state index contributed by atoms with van der Waals surface area (Å²) >= 11 is 5.94. The molecule has 0 bridgehead atoms. The van der Waals surface area contributed by atoms with Crippen LogP contribution in [-0.2, 0) is 4.79 Å². The smallest absolute Gasteiger partial charge is 0.254 e. The molecule has 3 atom stereocenters. The maximum Gasteiger partial charge on any atom is 0.254 e. The number of carbonyl (C=O) groups excluding carboxylic acids is 2. The SMILES string of the molecule is CC1(C)CN(C(=O)[C@H]2CC[C@H](n3cc(C(N)=O)c(Nc4ccc(Cl)cc4)n3)[C@@H](C#N)C2)C1. The van der Waals surface area contributed by atoms with Crippen LogP contribution in [0.4, 0.5) is 11.5 Å². The highest BCUT2D eigenvalue weighted by molar-refractivity contribution is 6.30. The average Bonchev–Trinajstić information content (AvgIpc) is 3.16. The highest BCUT2D eigenvalue weighted by Crippen LogP contribution is 2.40. The molecule has 2 aliphatic rings. The van der Waals surface area contributed by atoms with Gasteiger partial charge in [0.2, 0.25) is 5.91 Å². The number of aromatic nitrogens is 2. The lowest BCUT2D eigenvalue weighted by Crippen LogP contribution is -2.57. The van der Waals surface area contributed by atoms with Crippen LogP contribution < -0.4 is 11.1 Å². The van der Waals surface area contributed by atoms with Crippen molar-refractivity contribution in [2.75, 3.05) is 18.4 Å². The predicted octanol–water partition coefficient (Wildman–Crippen LogP) is 3.73. The molecule has 1 saturated carbocycles. The molecule has 32 heavy (non-hydrogen) atoms. The van der Waals surface area contributed by atoms with Gasteiger partial charge in [-0.2, -0.15) is 10.4 Å². The van der Waals surface area contributed by atoms with Crippen molar-refractivity contribution in [3.05, 3.63) is 41.0 Å². The van der Waals surface area contributed by atoms with Crippen molar-refractivity contribution in [2.24, 2.45) is 23.0 Å². The number of nitrogens with zero attached hydrogens (tertiary/aromatic N) is 4. The zero-order chi connectivity index (χ0) is 23.0. The first-order chi connectivity index (χ1) is 15.2. The van der Waals surface area contributed by atoms with Gasteiger partial charge in [0.15, 0.2) is 5.82 Å². The molecule has 0 spiro atoms. The Bertz CT molecular complexity index is 1060. The minimum atomic E-state index is -0.606. The van der Waals surface area contributed by atoms with Gasteiger partial charge in [-0.05, 0) is 48.9 Å². The number of likely N-dealkylation sites (tertiary alicyclic amines) is 1. The summed E-state index contributed by atoms with van der Waals surface area (Å²) in [5.41, 5.74) is 6.71. The molecule has 3 N–H and O–H groups in total. The Hall–Kier alpha value is -3.05. The summed E-state index contributed by atoms with van der Waals surface area (Å²) in [6.07, 6.45) is 3.40. The molecule has 1 aliphatic heterocycles. The summed E-state index contributed by atoms with van der Waals surface area (Å²) in [5, 5.41) is 18.1. The summed E-state index contributed by atoms with van der Waals surface area (Å²) in [6.45, 7) is 5.83. The molecule has 2 heterocycles. The second kappa shape index (κ2) is 8.47. The van der Waals surface area contributed by atoms with Gasteiger partial charge >= 0.3 is 0 Å². The van der Waals surface area contributed by atoms with E-state index in [1.807, 2.05) is 4.90 Å². The van der Waals surface area contributed by atoms with E-state index in [-0.39, 0.29) is 34.8 Å². The number of carbonyl (C=O) groups is 2. The molecular weight excluding hydrogens is 428 g/mol. The number of primary amides is 1. The molecule has 2 fully saturated rings. The lowest BCUT2D eigenvalue weighted by Gasteiger charge is -2.48. The first-order valence-electron chi connectivity index (χ1n) is 10.8. The minimum absolute atomic E-state index is 0.145. The zero-order valence-electron chi connectivity index (χ0n) is 18.2. The van der Waals surface area contributed by atoms with Gasteiger partial charge in [-0.3, -0.25) is 14.3 Å². The number of rotatable bonds is 5. The van der Waals surface area contributed by atoms with Crippen molar-refractivity contribution in [2.45, 2.75) is 39.2 Å². The number of anilines is 2. The molecule has 4 rings (SSSR count). The predicted molar refractivity (Wildman–Crippen MR) is 121 cm³/mol. The van der Waals surface area contributed by atoms with E-state index in [4.69, 9.17) is 17.3 Å². The number of hydrogen-bond acceptors (Lipinski definition) is 5. The van der Waals surface area contributed by atoms with Gasteiger partial charge in [0, 0.05) is 35.9 Å². The number of hydrogen-bond donors (Lipinski definition) is 2. The molecule has 9 heteroatoms. The van der Waals surface area contributed by atoms with Crippen molar-refractivity contribution in [1.29, 1.82) is 5.26 Å². The largest absolute Gasteiger partial charge is 0.365 e. The van der Waals surface area contributed by atoms with Crippen LogP contribution in [0.3, 0.4) is 0 Å². The van der Waals surface area contributed by atoms with E-state index in [2.05, 4.69) is 30.3 Å². The average molecular weight is 455 g/mol. The maximum atomic E-state index is 12.9. The first kappa shape index (κ1) is 22.2.